The van der Waals surface area contributed by atoms with Gasteiger partial charge in [-0.1, -0.05) is 41.5 Å². The van der Waals surface area contributed by atoms with Crippen molar-refractivity contribution in [1.82, 2.24) is 20.4 Å². The van der Waals surface area contributed by atoms with Crippen LogP contribution in [0, 0.1) is 11.8 Å². The molecule has 4 nitrogen and oxygen atoms in total. The highest BCUT2D eigenvalue weighted by Crippen LogP contribution is 2.05. The fourth-order valence-electron chi connectivity index (χ4n) is 4.14. The van der Waals surface area contributed by atoms with Crippen LogP contribution < -0.4 is 10.6 Å². The first-order chi connectivity index (χ1) is 14.6. The Balaban J connectivity index is 3.57. The van der Waals surface area contributed by atoms with E-state index >= 15 is 0 Å². The van der Waals surface area contributed by atoms with Crippen molar-refractivity contribution in [2.75, 3.05) is 65.4 Å². The Kier molecular flexibility index (Phi) is 21.9. The molecule has 0 bridgehead atoms. The average molecular weight is 427 g/mol. The summed E-state index contributed by atoms with van der Waals surface area (Å²) in [5.41, 5.74) is 0. The Morgan fingerprint density at radius 2 is 0.867 bits per heavy atom. The fraction of sp³-hybridized carbons (Fsp3) is 1.00. The van der Waals surface area contributed by atoms with Gasteiger partial charge in [0.1, 0.15) is 0 Å². The molecule has 4 heteroatoms. The maximum absolute atomic E-state index is 3.68. The molecule has 0 fully saturated rings. The highest BCUT2D eigenvalue weighted by atomic mass is 15.1. The molecule has 0 heterocycles. The van der Waals surface area contributed by atoms with Crippen molar-refractivity contribution in [3.63, 3.8) is 0 Å². The average Bonchev–Trinajstić information content (AvgIpc) is 2.72. The molecule has 2 atom stereocenters. The molecule has 0 amide bonds. The van der Waals surface area contributed by atoms with Crippen molar-refractivity contribution < 1.29 is 0 Å². The van der Waals surface area contributed by atoms with Crippen LogP contribution in [0.15, 0.2) is 0 Å². The summed E-state index contributed by atoms with van der Waals surface area (Å²) in [5.74, 6) is 1.56. The first-order valence-corrected chi connectivity index (χ1v) is 13.4. The molecule has 0 saturated heterocycles. The number of hydrogen-bond donors (Lipinski definition) is 2. The van der Waals surface area contributed by atoms with Crippen LogP contribution in [0.5, 0.6) is 0 Å². The Hall–Kier alpha value is -0.160. The molecular weight excluding hydrogens is 368 g/mol. The van der Waals surface area contributed by atoms with Gasteiger partial charge in [0.15, 0.2) is 0 Å². The summed E-state index contributed by atoms with van der Waals surface area (Å²) in [5, 5.41) is 7.35. The zero-order chi connectivity index (χ0) is 22.5. The minimum Gasteiger partial charge on any atom is -0.316 e. The molecule has 2 N–H and O–H groups in total. The second-order valence-electron chi connectivity index (χ2n) is 9.59. The predicted molar refractivity (Wildman–Crippen MR) is 137 cm³/mol. The smallest absolute Gasteiger partial charge is 0.00157 e. The van der Waals surface area contributed by atoms with E-state index in [0.29, 0.717) is 0 Å². The molecule has 0 aliphatic carbocycles. The van der Waals surface area contributed by atoms with Crippen LogP contribution in [0.2, 0.25) is 0 Å². The van der Waals surface area contributed by atoms with Gasteiger partial charge < -0.3 is 20.4 Å². The molecular formula is C26H58N4. The second-order valence-corrected chi connectivity index (χ2v) is 9.59. The molecule has 0 aromatic heterocycles. The first kappa shape index (κ1) is 29.8. The lowest BCUT2D eigenvalue weighted by atomic mass is 10.1. The standard InChI is InChI=1S/C26H58N4/c1-7-17-29(18-8-2)21-13-25(5)23-27-15-11-12-16-28-24-26(6)14-22-30(19-9-3)20-10-4/h25-28H,7-24H2,1-6H3. The number of nitrogens with zero attached hydrogens (tertiary/aromatic N) is 2. The second kappa shape index (κ2) is 22.0. The SMILES string of the molecule is CCCN(CCC)CCC(C)CNCCCCNCC(C)CCN(CCC)CCC. The van der Waals surface area contributed by atoms with Crippen molar-refractivity contribution in [2.24, 2.45) is 11.8 Å². The largest absolute Gasteiger partial charge is 0.316 e. The summed E-state index contributed by atoms with van der Waals surface area (Å²) in [4.78, 5) is 5.27. The van der Waals surface area contributed by atoms with E-state index in [9.17, 15) is 0 Å². The van der Waals surface area contributed by atoms with Crippen molar-refractivity contribution in [1.29, 1.82) is 0 Å². The van der Waals surface area contributed by atoms with Crippen LogP contribution in [0.3, 0.4) is 0 Å². The van der Waals surface area contributed by atoms with Gasteiger partial charge in [0, 0.05) is 0 Å². The maximum Gasteiger partial charge on any atom is -0.00157 e. The highest BCUT2D eigenvalue weighted by Gasteiger charge is 2.08. The molecule has 0 aromatic carbocycles. The summed E-state index contributed by atoms with van der Waals surface area (Å²) in [6.07, 6.45) is 10.3. The maximum atomic E-state index is 3.68. The van der Waals surface area contributed by atoms with Crippen LogP contribution in [-0.4, -0.2) is 75.2 Å². The predicted octanol–water partition coefficient (Wildman–Crippen LogP) is 5.24. The molecule has 0 aliphatic rings. The highest BCUT2D eigenvalue weighted by molar-refractivity contribution is 4.65. The topological polar surface area (TPSA) is 30.5 Å². The zero-order valence-electron chi connectivity index (χ0n) is 21.8. The minimum absolute atomic E-state index is 0.778. The third-order valence-corrected chi connectivity index (χ3v) is 5.98. The van der Waals surface area contributed by atoms with E-state index in [1.54, 1.807) is 0 Å². The minimum atomic E-state index is 0.778. The van der Waals surface area contributed by atoms with E-state index in [1.165, 1.54) is 104 Å². The molecule has 2 unspecified atom stereocenters. The van der Waals surface area contributed by atoms with Crippen molar-refractivity contribution >= 4 is 0 Å². The Morgan fingerprint density at radius 3 is 1.17 bits per heavy atom. The van der Waals surface area contributed by atoms with E-state index in [-0.39, 0.29) is 0 Å². The van der Waals surface area contributed by atoms with E-state index in [1.807, 2.05) is 0 Å². The Morgan fingerprint density at radius 1 is 0.533 bits per heavy atom. The van der Waals surface area contributed by atoms with Crippen LogP contribution in [0.4, 0.5) is 0 Å². The van der Waals surface area contributed by atoms with Crippen molar-refractivity contribution in [3.8, 4) is 0 Å². The normalized spacial score (nSPS) is 14.0. The van der Waals surface area contributed by atoms with Gasteiger partial charge in [0.05, 0.1) is 0 Å². The summed E-state index contributed by atoms with van der Waals surface area (Å²) in [6.45, 7) is 26.2. The molecule has 30 heavy (non-hydrogen) atoms. The third-order valence-electron chi connectivity index (χ3n) is 5.98. The van der Waals surface area contributed by atoms with Crippen LogP contribution in [0.25, 0.3) is 0 Å². The van der Waals surface area contributed by atoms with E-state index in [4.69, 9.17) is 0 Å². The van der Waals surface area contributed by atoms with Gasteiger partial charge in [0.25, 0.3) is 0 Å². The molecule has 182 valence electrons. The molecule has 0 aliphatic heterocycles. The Bertz CT molecular complexity index is 293. The molecule has 0 rings (SSSR count). The quantitative estimate of drug-likeness (QED) is 0.219. The summed E-state index contributed by atoms with van der Waals surface area (Å²) >= 11 is 0. The van der Waals surface area contributed by atoms with Crippen molar-refractivity contribution in [2.45, 2.75) is 92.9 Å². The number of unbranched alkanes of at least 4 members (excludes halogenated alkanes) is 1. The van der Waals surface area contributed by atoms with Gasteiger partial charge in [0.2, 0.25) is 0 Å². The van der Waals surface area contributed by atoms with Gasteiger partial charge in [-0.2, -0.15) is 0 Å². The molecule has 0 radical (unpaired) electrons. The van der Waals surface area contributed by atoms with Crippen LogP contribution >= 0.6 is 0 Å². The number of hydrogen-bond acceptors (Lipinski definition) is 4. The van der Waals surface area contributed by atoms with E-state index in [2.05, 4.69) is 62.0 Å². The van der Waals surface area contributed by atoms with Crippen molar-refractivity contribution in [3.05, 3.63) is 0 Å². The Labute approximate surface area is 190 Å². The van der Waals surface area contributed by atoms with Gasteiger partial charge >= 0.3 is 0 Å². The monoisotopic (exact) mass is 426 g/mol. The van der Waals surface area contributed by atoms with E-state index in [0.717, 1.165) is 24.9 Å². The van der Waals surface area contributed by atoms with Gasteiger partial charge in [-0.05, 0) is 129 Å². The van der Waals surface area contributed by atoms with Crippen LogP contribution in [-0.2, 0) is 0 Å². The van der Waals surface area contributed by atoms with Gasteiger partial charge in [-0.25, -0.2) is 0 Å². The lowest BCUT2D eigenvalue weighted by Crippen LogP contribution is -2.31. The van der Waals surface area contributed by atoms with Gasteiger partial charge in [-0.15, -0.1) is 0 Å². The first-order valence-electron chi connectivity index (χ1n) is 13.4. The lowest BCUT2D eigenvalue weighted by Gasteiger charge is -2.23. The van der Waals surface area contributed by atoms with Gasteiger partial charge in [-0.3, -0.25) is 0 Å². The molecule has 0 saturated carbocycles. The molecule has 0 aromatic rings. The number of rotatable bonds is 23. The lowest BCUT2D eigenvalue weighted by molar-refractivity contribution is 0.253. The fourth-order valence-corrected chi connectivity index (χ4v) is 4.14. The number of nitrogens with one attached hydrogen (secondary N) is 2. The zero-order valence-corrected chi connectivity index (χ0v) is 21.8. The van der Waals surface area contributed by atoms with Crippen LogP contribution in [0.1, 0.15) is 92.9 Å². The molecule has 0 spiro atoms. The summed E-state index contributed by atoms with van der Waals surface area (Å²) in [7, 11) is 0. The summed E-state index contributed by atoms with van der Waals surface area (Å²) < 4.78 is 0. The summed E-state index contributed by atoms with van der Waals surface area (Å²) in [6, 6.07) is 0. The third kappa shape index (κ3) is 18.6. The van der Waals surface area contributed by atoms with E-state index < -0.39 is 0 Å².